The molecule has 3 aromatic rings. The first kappa shape index (κ1) is 13.0. The van der Waals surface area contributed by atoms with E-state index < -0.39 is 0 Å². The van der Waals surface area contributed by atoms with Gasteiger partial charge in [-0.2, -0.15) is 0 Å². The summed E-state index contributed by atoms with van der Waals surface area (Å²) < 4.78 is 1.99. The number of aromatic nitrogens is 3. The fraction of sp³-hybridized carbons (Fsp3) is 0.235. The molecular weight excluding hydrogens is 276 g/mol. The smallest absolute Gasteiger partial charge is 0.243 e. The molecule has 3 heterocycles. The molecule has 5 heteroatoms. The Hall–Kier alpha value is -2.69. The average Bonchev–Trinajstić information content (AvgIpc) is 3.04. The van der Waals surface area contributed by atoms with E-state index in [-0.39, 0.29) is 11.9 Å². The van der Waals surface area contributed by atoms with Crippen LogP contribution >= 0.6 is 0 Å². The van der Waals surface area contributed by atoms with E-state index in [9.17, 15) is 4.79 Å². The molecule has 1 amide bonds. The van der Waals surface area contributed by atoms with Gasteiger partial charge >= 0.3 is 0 Å². The Labute approximate surface area is 128 Å². The van der Waals surface area contributed by atoms with E-state index in [0.717, 1.165) is 41.5 Å². The molecular formula is C17H16N4O. The quantitative estimate of drug-likeness (QED) is 0.789. The maximum absolute atomic E-state index is 12.2. The molecule has 110 valence electrons. The number of nitrogens with zero attached hydrogens (tertiary/aromatic N) is 3. The van der Waals surface area contributed by atoms with E-state index >= 15 is 0 Å². The van der Waals surface area contributed by atoms with Crippen molar-refractivity contribution < 1.29 is 4.79 Å². The van der Waals surface area contributed by atoms with Crippen LogP contribution in [0, 0.1) is 0 Å². The lowest BCUT2D eigenvalue weighted by atomic mass is 10.0. The standard InChI is InChI=1S/C17H16N4O/c22-17-15(5-2-7-20-17)21-10-9-19-16(21)14-4-1-3-12-11-18-8-6-13(12)14/h1,3-4,6,8-11,15H,2,5,7H2,(H,20,22). The highest BCUT2D eigenvalue weighted by molar-refractivity contribution is 5.95. The molecule has 5 nitrogen and oxygen atoms in total. The van der Waals surface area contributed by atoms with Crippen LogP contribution in [-0.4, -0.2) is 27.0 Å². The van der Waals surface area contributed by atoms with Crippen LogP contribution in [0.4, 0.5) is 0 Å². The molecule has 1 aliphatic heterocycles. The minimum absolute atomic E-state index is 0.0763. The number of pyridine rings is 1. The van der Waals surface area contributed by atoms with E-state index in [1.807, 2.05) is 41.2 Å². The van der Waals surface area contributed by atoms with Crippen molar-refractivity contribution in [3.63, 3.8) is 0 Å². The largest absolute Gasteiger partial charge is 0.354 e. The molecule has 2 aromatic heterocycles. The molecule has 0 saturated carbocycles. The van der Waals surface area contributed by atoms with Gasteiger partial charge in [0.25, 0.3) is 0 Å². The summed E-state index contributed by atoms with van der Waals surface area (Å²) in [5, 5.41) is 5.11. The summed E-state index contributed by atoms with van der Waals surface area (Å²) in [6, 6.07) is 7.89. The van der Waals surface area contributed by atoms with E-state index in [2.05, 4.69) is 15.3 Å². The summed E-state index contributed by atoms with van der Waals surface area (Å²) in [5.41, 5.74) is 1.03. The maximum atomic E-state index is 12.2. The number of hydrogen-bond acceptors (Lipinski definition) is 3. The van der Waals surface area contributed by atoms with Gasteiger partial charge in [0.05, 0.1) is 0 Å². The molecule has 1 aliphatic rings. The molecule has 0 aliphatic carbocycles. The SMILES string of the molecule is O=C1NCCCC1n1ccnc1-c1cccc2cnccc12. The lowest BCUT2D eigenvalue weighted by Crippen LogP contribution is -2.37. The van der Waals surface area contributed by atoms with E-state index in [0.29, 0.717) is 0 Å². The maximum Gasteiger partial charge on any atom is 0.243 e. The second kappa shape index (κ2) is 5.26. The molecule has 1 unspecified atom stereocenters. The predicted molar refractivity (Wildman–Crippen MR) is 84.2 cm³/mol. The van der Waals surface area contributed by atoms with Crippen LogP contribution in [0.2, 0.25) is 0 Å². The number of nitrogens with one attached hydrogen (secondary N) is 1. The molecule has 0 spiro atoms. The topological polar surface area (TPSA) is 59.8 Å². The number of fused-ring (bicyclic) bond motifs is 1. The van der Waals surface area contributed by atoms with Gasteiger partial charge in [-0.25, -0.2) is 4.98 Å². The number of carbonyl (C=O) groups is 1. The highest BCUT2D eigenvalue weighted by Crippen LogP contribution is 2.30. The van der Waals surface area contributed by atoms with Crippen molar-refractivity contribution in [3.05, 3.63) is 49.1 Å². The van der Waals surface area contributed by atoms with Crippen LogP contribution in [0.15, 0.2) is 49.1 Å². The molecule has 22 heavy (non-hydrogen) atoms. The summed E-state index contributed by atoms with van der Waals surface area (Å²) in [4.78, 5) is 20.8. The van der Waals surface area contributed by atoms with Gasteiger partial charge in [0, 0.05) is 42.3 Å². The Morgan fingerprint density at radius 2 is 2.18 bits per heavy atom. The first-order valence-electron chi connectivity index (χ1n) is 7.48. The van der Waals surface area contributed by atoms with Crippen molar-refractivity contribution in [2.45, 2.75) is 18.9 Å². The number of rotatable bonds is 2. The van der Waals surface area contributed by atoms with Crippen LogP contribution in [-0.2, 0) is 4.79 Å². The van der Waals surface area contributed by atoms with E-state index in [1.54, 1.807) is 12.4 Å². The van der Waals surface area contributed by atoms with Gasteiger partial charge in [-0.1, -0.05) is 18.2 Å². The van der Waals surface area contributed by atoms with Gasteiger partial charge < -0.3 is 9.88 Å². The van der Waals surface area contributed by atoms with Gasteiger partial charge in [0.1, 0.15) is 11.9 Å². The Bertz CT molecular complexity index is 834. The predicted octanol–water partition coefficient (Wildman–Crippen LogP) is 2.55. The van der Waals surface area contributed by atoms with Gasteiger partial charge in [-0.05, 0) is 24.3 Å². The summed E-state index contributed by atoms with van der Waals surface area (Å²) in [5.74, 6) is 0.909. The van der Waals surface area contributed by atoms with Crippen molar-refractivity contribution in [1.29, 1.82) is 0 Å². The zero-order valence-corrected chi connectivity index (χ0v) is 12.1. The zero-order chi connectivity index (χ0) is 14.9. The minimum Gasteiger partial charge on any atom is -0.354 e. The number of hydrogen-bond donors (Lipinski definition) is 1. The monoisotopic (exact) mass is 292 g/mol. The highest BCUT2D eigenvalue weighted by atomic mass is 16.2. The average molecular weight is 292 g/mol. The second-order valence-corrected chi connectivity index (χ2v) is 5.51. The third kappa shape index (κ3) is 2.06. The van der Waals surface area contributed by atoms with Gasteiger partial charge in [-0.15, -0.1) is 0 Å². The molecule has 0 bridgehead atoms. The summed E-state index contributed by atoms with van der Waals surface area (Å²) in [7, 11) is 0. The fourth-order valence-electron chi connectivity index (χ4n) is 3.11. The third-order valence-electron chi connectivity index (χ3n) is 4.18. The number of amides is 1. The molecule has 1 N–H and O–H groups in total. The van der Waals surface area contributed by atoms with Crippen molar-refractivity contribution in [2.24, 2.45) is 0 Å². The Morgan fingerprint density at radius 1 is 1.23 bits per heavy atom. The molecule has 1 aromatic carbocycles. The van der Waals surface area contributed by atoms with Crippen LogP contribution in [0.5, 0.6) is 0 Å². The van der Waals surface area contributed by atoms with Crippen molar-refractivity contribution >= 4 is 16.7 Å². The normalized spacial score (nSPS) is 18.4. The molecule has 1 atom stereocenters. The van der Waals surface area contributed by atoms with E-state index in [4.69, 9.17) is 0 Å². The van der Waals surface area contributed by atoms with Crippen molar-refractivity contribution in [1.82, 2.24) is 19.9 Å². The fourth-order valence-corrected chi connectivity index (χ4v) is 3.11. The number of benzene rings is 1. The van der Waals surface area contributed by atoms with Crippen LogP contribution in [0.25, 0.3) is 22.2 Å². The Kier molecular flexibility index (Phi) is 3.11. The van der Waals surface area contributed by atoms with Crippen LogP contribution in [0.3, 0.4) is 0 Å². The van der Waals surface area contributed by atoms with E-state index in [1.165, 1.54) is 0 Å². The molecule has 0 radical (unpaired) electrons. The molecule has 1 fully saturated rings. The first-order chi connectivity index (χ1) is 10.8. The molecule has 4 rings (SSSR count). The lowest BCUT2D eigenvalue weighted by molar-refractivity contribution is -0.125. The van der Waals surface area contributed by atoms with Crippen molar-refractivity contribution in [2.75, 3.05) is 6.54 Å². The van der Waals surface area contributed by atoms with Gasteiger partial charge in [-0.3, -0.25) is 9.78 Å². The third-order valence-corrected chi connectivity index (χ3v) is 4.18. The summed E-state index contributed by atoms with van der Waals surface area (Å²) in [6.45, 7) is 0.763. The van der Waals surface area contributed by atoms with Gasteiger partial charge in [0.15, 0.2) is 0 Å². The Balaban J connectivity index is 1.86. The first-order valence-corrected chi connectivity index (χ1v) is 7.48. The highest BCUT2D eigenvalue weighted by Gasteiger charge is 2.26. The molecule has 1 saturated heterocycles. The second-order valence-electron chi connectivity index (χ2n) is 5.51. The number of piperidine rings is 1. The van der Waals surface area contributed by atoms with Gasteiger partial charge in [0.2, 0.25) is 5.91 Å². The minimum atomic E-state index is -0.177. The van der Waals surface area contributed by atoms with Crippen LogP contribution in [0.1, 0.15) is 18.9 Å². The van der Waals surface area contributed by atoms with Crippen LogP contribution < -0.4 is 5.32 Å². The zero-order valence-electron chi connectivity index (χ0n) is 12.1. The number of imidazole rings is 1. The summed E-state index contributed by atoms with van der Waals surface area (Å²) >= 11 is 0. The lowest BCUT2D eigenvalue weighted by Gasteiger charge is -2.24. The summed E-state index contributed by atoms with van der Waals surface area (Å²) in [6.07, 6.45) is 9.13. The van der Waals surface area contributed by atoms with Crippen molar-refractivity contribution in [3.8, 4) is 11.4 Å². The number of carbonyl (C=O) groups excluding carboxylic acids is 1. The Morgan fingerprint density at radius 3 is 3.09 bits per heavy atom.